The van der Waals surface area contributed by atoms with Gasteiger partial charge in [-0.2, -0.15) is 0 Å². The summed E-state index contributed by atoms with van der Waals surface area (Å²) >= 11 is 0. The Kier molecular flexibility index (Phi) is 6.03. The fourth-order valence-corrected chi connectivity index (χ4v) is 3.32. The number of anilines is 2. The summed E-state index contributed by atoms with van der Waals surface area (Å²) in [5.41, 5.74) is 13.0. The number of aromatic nitrogens is 4. The van der Waals surface area contributed by atoms with E-state index in [1.165, 1.54) is 5.69 Å². The van der Waals surface area contributed by atoms with Crippen LogP contribution in [0.3, 0.4) is 0 Å². The fourth-order valence-electron chi connectivity index (χ4n) is 3.32. The first-order valence-electron chi connectivity index (χ1n) is 9.33. The molecule has 0 radical (unpaired) electrons. The molecule has 3 aromatic heterocycles. The number of benzene rings is 1. The number of aromatic amines is 1. The van der Waals surface area contributed by atoms with Crippen LogP contribution < -0.4 is 10.6 Å². The normalized spacial score (nSPS) is 10.7. The van der Waals surface area contributed by atoms with Gasteiger partial charge in [-0.3, -0.25) is 0 Å². The Morgan fingerprint density at radius 1 is 0.966 bits per heavy atom. The molecule has 3 heterocycles. The van der Waals surface area contributed by atoms with Crippen molar-refractivity contribution < 1.29 is 0 Å². The smallest absolute Gasteiger partial charge is 0.177 e. The fraction of sp³-hybridized carbons (Fsp3) is 0.227. The quantitative estimate of drug-likeness (QED) is 0.517. The van der Waals surface area contributed by atoms with Crippen LogP contribution in [-0.2, 0) is 12.8 Å². The van der Waals surface area contributed by atoms with Crippen LogP contribution in [0.25, 0.3) is 22.3 Å². The maximum absolute atomic E-state index is 5.84. The molecule has 3 N–H and O–H groups in total. The Bertz CT molecular complexity index is 1100. The van der Waals surface area contributed by atoms with Gasteiger partial charge in [0.25, 0.3) is 0 Å². The first kappa shape index (κ1) is 20.6. The molecular weight excluding hydrogens is 384 g/mol. The van der Waals surface area contributed by atoms with Crippen molar-refractivity contribution in [1.82, 2.24) is 19.9 Å². The number of nitrogens with zero attached hydrogens (tertiary/aromatic N) is 4. The predicted molar refractivity (Wildman–Crippen MR) is 122 cm³/mol. The number of nitrogen functional groups attached to an aromatic ring is 1. The molecule has 0 saturated carbocycles. The van der Waals surface area contributed by atoms with Gasteiger partial charge in [0.2, 0.25) is 0 Å². The monoisotopic (exact) mass is 408 g/mol. The number of halogens is 1. The largest absolute Gasteiger partial charge is 0.384 e. The third-order valence-corrected chi connectivity index (χ3v) is 4.76. The highest BCUT2D eigenvalue weighted by atomic mass is 35.5. The van der Waals surface area contributed by atoms with Crippen molar-refractivity contribution in [1.29, 1.82) is 0 Å². The Balaban J connectivity index is 0.00000240. The predicted octanol–water partition coefficient (Wildman–Crippen LogP) is 4.18. The summed E-state index contributed by atoms with van der Waals surface area (Å²) in [5.74, 6) is 1.47. The third-order valence-electron chi connectivity index (χ3n) is 4.76. The Labute approximate surface area is 176 Å². The molecule has 0 saturated heterocycles. The summed E-state index contributed by atoms with van der Waals surface area (Å²) in [6.45, 7) is 2.03. The van der Waals surface area contributed by atoms with Crippen molar-refractivity contribution in [2.24, 2.45) is 0 Å². The lowest BCUT2D eigenvalue weighted by Gasteiger charge is -2.12. The van der Waals surface area contributed by atoms with Crippen LogP contribution in [0.1, 0.15) is 17.1 Å². The summed E-state index contributed by atoms with van der Waals surface area (Å²) in [6.07, 6.45) is 3.42. The summed E-state index contributed by atoms with van der Waals surface area (Å²) in [5, 5.41) is 0. The zero-order chi connectivity index (χ0) is 19.7. The van der Waals surface area contributed by atoms with E-state index >= 15 is 0 Å². The van der Waals surface area contributed by atoms with E-state index in [0.29, 0.717) is 5.82 Å². The third kappa shape index (κ3) is 4.66. The van der Waals surface area contributed by atoms with E-state index in [4.69, 9.17) is 5.73 Å². The molecule has 0 fully saturated rings. The van der Waals surface area contributed by atoms with E-state index in [9.17, 15) is 0 Å². The zero-order valence-corrected chi connectivity index (χ0v) is 17.6. The number of nitrogens with two attached hydrogens (primary N) is 1. The highest BCUT2D eigenvalue weighted by molar-refractivity contribution is 5.85. The number of hydrogen-bond acceptors (Lipinski definition) is 5. The lowest BCUT2D eigenvalue weighted by Crippen LogP contribution is -2.07. The number of fused-ring (bicyclic) bond motifs is 1. The molecule has 0 aliphatic rings. The summed E-state index contributed by atoms with van der Waals surface area (Å²) in [4.78, 5) is 19.0. The molecule has 0 unspecified atom stereocenters. The van der Waals surface area contributed by atoms with Crippen LogP contribution in [0.15, 0.2) is 48.7 Å². The van der Waals surface area contributed by atoms with Crippen molar-refractivity contribution in [2.75, 3.05) is 24.7 Å². The van der Waals surface area contributed by atoms with Crippen molar-refractivity contribution >= 4 is 35.1 Å². The van der Waals surface area contributed by atoms with Gasteiger partial charge in [0.15, 0.2) is 5.65 Å². The second-order valence-electron chi connectivity index (χ2n) is 7.28. The highest BCUT2D eigenvalue weighted by Crippen LogP contribution is 2.24. The number of H-pyrrole nitrogens is 1. The molecule has 0 amide bonds. The summed E-state index contributed by atoms with van der Waals surface area (Å²) in [6, 6.07) is 14.5. The molecular formula is C22H25ClN6. The van der Waals surface area contributed by atoms with Crippen molar-refractivity contribution in [3.63, 3.8) is 0 Å². The second kappa shape index (κ2) is 8.49. The molecule has 4 aromatic rings. The van der Waals surface area contributed by atoms with Crippen molar-refractivity contribution in [3.05, 3.63) is 65.7 Å². The van der Waals surface area contributed by atoms with E-state index in [2.05, 4.69) is 61.2 Å². The van der Waals surface area contributed by atoms with Crippen LogP contribution in [0, 0.1) is 6.92 Å². The number of imidazole rings is 1. The topological polar surface area (TPSA) is 83.7 Å². The highest BCUT2D eigenvalue weighted by Gasteiger charge is 2.08. The van der Waals surface area contributed by atoms with Gasteiger partial charge in [0.05, 0.1) is 5.52 Å². The van der Waals surface area contributed by atoms with Gasteiger partial charge in [-0.25, -0.2) is 15.0 Å². The molecule has 0 atom stereocenters. The lowest BCUT2D eigenvalue weighted by atomic mass is 10.1. The van der Waals surface area contributed by atoms with Gasteiger partial charge >= 0.3 is 0 Å². The Morgan fingerprint density at radius 3 is 2.41 bits per heavy atom. The van der Waals surface area contributed by atoms with Crippen molar-refractivity contribution in [2.45, 2.75) is 19.8 Å². The maximum Gasteiger partial charge on any atom is 0.177 e. The van der Waals surface area contributed by atoms with E-state index in [1.54, 1.807) is 0 Å². The van der Waals surface area contributed by atoms with Crippen LogP contribution in [0.2, 0.25) is 0 Å². The average Bonchev–Trinajstić information content (AvgIpc) is 3.08. The van der Waals surface area contributed by atoms with Gasteiger partial charge in [-0.15, -0.1) is 12.4 Å². The molecule has 0 aliphatic carbocycles. The molecule has 29 heavy (non-hydrogen) atoms. The molecule has 0 aliphatic heterocycles. The van der Waals surface area contributed by atoms with Gasteiger partial charge in [-0.1, -0.05) is 12.1 Å². The molecule has 4 rings (SSSR count). The minimum absolute atomic E-state index is 0. The van der Waals surface area contributed by atoms with Gasteiger partial charge in [0, 0.05) is 43.7 Å². The van der Waals surface area contributed by atoms with Gasteiger partial charge < -0.3 is 15.6 Å². The molecule has 1 aromatic carbocycles. The van der Waals surface area contributed by atoms with E-state index < -0.39 is 0 Å². The summed E-state index contributed by atoms with van der Waals surface area (Å²) < 4.78 is 0. The Morgan fingerprint density at radius 2 is 1.72 bits per heavy atom. The molecule has 7 heteroatoms. The first-order chi connectivity index (χ1) is 13.5. The average molecular weight is 409 g/mol. The number of nitrogens with one attached hydrogen (secondary N) is 1. The molecule has 0 bridgehead atoms. The maximum atomic E-state index is 5.84. The molecule has 0 spiro atoms. The van der Waals surface area contributed by atoms with Crippen LogP contribution in [0.4, 0.5) is 11.5 Å². The van der Waals surface area contributed by atoms with Crippen molar-refractivity contribution in [3.8, 4) is 11.1 Å². The van der Waals surface area contributed by atoms with Crippen LogP contribution in [-0.4, -0.2) is 34.0 Å². The van der Waals surface area contributed by atoms with Crippen LogP contribution in [0.5, 0.6) is 0 Å². The number of aryl methyl sites for hydroxylation is 3. The van der Waals surface area contributed by atoms with E-state index in [1.807, 2.05) is 33.3 Å². The van der Waals surface area contributed by atoms with Crippen LogP contribution >= 0.6 is 12.4 Å². The van der Waals surface area contributed by atoms with E-state index in [0.717, 1.165) is 52.2 Å². The SMILES string of the molecule is Cc1cc(N)nc(CCc2nc3ncc(-c4ccc(N(C)C)cc4)cc3[nH]2)c1.Cl. The number of rotatable bonds is 5. The first-order valence-corrected chi connectivity index (χ1v) is 9.33. The number of pyridine rings is 2. The summed E-state index contributed by atoms with van der Waals surface area (Å²) in [7, 11) is 4.07. The zero-order valence-electron chi connectivity index (χ0n) is 16.8. The molecule has 150 valence electrons. The Hall–Kier alpha value is -3.12. The standard InChI is InChI=1S/C22H24N6.ClH/c1-14-10-17(25-20(23)11-14)6-9-21-26-19-12-16(13-24-22(19)27-21)15-4-7-18(8-5-15)28(2)3;/h4-5,7-8,10-13H,6,9H2,1-3H3,(H2,23,25)(H,24,26,27);1H. The molecule has 6 nitrogen and oxygen atoms in total. The second-order valence-corrected chi connectivity index (χ2v) is 7.28. The minimum atomic E-state index is 0. The van der Waals surface area contributed by atoms with Gasteiger partial charge in [-0.05, 0) is 54.8 Å². The van der Waals surface area contributed by atoms with Gasteiger partial charge in [0.1, 0.15) is 11.6 Å². The van der Waals surface area contributed by atoms with E-state index in [-0.39, 0.29) is 12.4 Å². The lowest BCUT2D eigenvalue weighted by molar-refractivity contribution is 0.860. The number of hydrogen-bond donors (Lipinski definition) is 2. The minimum Gasteiger partial charge on any atom is -0.384 e.